The lowest BCUT2D eigenvalue weighted by molar-refractivity contribution is -0.114. The second-order valence-electron chi connectivity index (χ2n) is 1.90. The lowest BCUT2D eigenvalue weighted by atomic mass is 10.3. The Kier molecular flexibility index (Phi) is 2.25. The zero-order valence-corrected chi connectivity index (χ0v) is 5.56. The first-order valence-electron chi connectivity index (χ1n) is 2.43. The minimum Gasteiger partial charge on any atom is -0.375 e. The van der Waals surface area contributed by atoms with E-state index in [2.05, 4.69) is 6.58 Å². The number of hydrogen-bond donors (Lipinski definition) is 0. The highest BCUT2D eigenvalue weighted by Gasteiger charge is 1.99. The molecule has 0 atom stereocenters. The van der Waals surface area contributed by atoms with Gasteiger partial charge in [-0.05, 0) is 0 Å². The standard InChI is InChI=1S/C6H11NO/c1-5(6(2)8)7(3)4/h1H2,2-4H3. The highest BCUT2D eigenvalue weighted by Crippen LogP contribution is 1.93. The van der Waals surface area contributed by atoms with E-state index >= 15 is 0 Å². The van der Waals surface area contributed by atoms with Crippen LogP contribution in [-0.4, -0.2) is 24.8 Å². The molecule has 0 aliphatic rings. The summed E-state index contributed by atoms with van der Waals surface area (Å²) in [5.74, 6) is 0.0231. The van der Waals surface area contributed by atoms with Gasteiger partial charge >= 0.3 is 0 Å². The van der Waals surface area contributed by atoms with E-state index in [9.17, 15) is 4.79 Å². The molecular weight excluding hydrogens is 102 g/mol. The van der Waals surface area contributed by atoms with Gasteiger partial charge in [0.15, 0.2) is 5.78 Å². The number of allylic oxidation sites excluding steroid dienone is 1. The zero-order valence-electron chi connectivity index (χ0n) is 5.56. The smallest absolute Gasteiger partial charge is 0.175 e. The number of likely N-dealkylation sites (N-methyl/N-ethyl adjacent to an activating group) is 1. The number of nitrogens with zero attached hydrogens (tertiary/aromatic N) is 1. The minimum absolute atomic E-state index is 0.0231. The number of ketones is 1. The number of Topliss-reactive ketones (excluding diaryl/α,β-unsaturated/α-hetero) is 1. The van der Waals surface area contributed by atoms with Crippen molar-refractivity contribution in [1.29, 1.82) is 0 Å². The van der Waals surface area contributed by atoms with Crippen LogP contribution in [0, 0.1) is 0 Å². The lowest BCUT2D eigenvalue weighted by Crippen LogP contribution is -2.15. The van der Waals surface area contributed by atoms with Gasteiger partial charge in [0, 0.05) is 21.0 Å². The van der Waals surface area contributed by atoms with Crippen molar-refractivity contribution in [3.8, 4) is 0 Å². The van der Waals surface area contributed by atoms with Crippen molar-refractivity contribution in [2.24, 2.45) is 0 Å². The fraction of sp³-hybridized carbons (Fsp3) is 0.500. The summed E-state index contributed by atoms with van der Waals surface area (Å²) in [5, 5.41) is 0. The van der Waals surface area contributed by atoms with Crippen LogP contribution in [0.3, 0.4) is 0 Å². The maximum atomic E-state index is 10.4. The molecule has 0 amide bonds. The van der Waals surface area contributed by atoms with E-state index in [4.69, 9.17) is 0 Å². The molecule has 0 heterocycles. The van der Waals surface area contributed by atoms with Gasteiger partial charge in [-0.15, -0.1) is 0 Å². The Balaban J connectivity index is 3.84. The molecule has 46 valence electrons. The molecule has 0 rings (SSSR count). The van der Waals surface area contributed by atoms with Crippen LogP contribution in [-0.2, 0) is 4.79 Å². The zero-order chi connectivity index (χ0) is 6.73. The van der Waals surface area contributed by atoms with E-state index in [1.54, 1.807) is 19.0 Å². The third kappa shape index (κ3) is 1.78. The van der Waals surface area contributed by atoms with E-state index in [1.807, 2.05) is 0 Å². The Hall–Kier alpha value is -0.790. The summed E-state index contributed by atoms with van der Waals surface area (Å²) >= 11 is 0. The number of hydrogen-bond acceptors (Lipinski definition) is 2. The van der Waals surface area contributed by atoms with Gasteiger partial charge in [0.25, 0.3) is 0 Å². The molecule has 0 radical (unpaired) electrons. The molecular formula is C6H11NO. The molecule has 2 heteroatoms. The number of carbonyl (C=O) groups is 1. The molecule has 0 aromatic rings. The molecule has 0 aliphatic carbocycles. The Morgan fingerprint density at radius 2 is 1.88 bits per heavy atom. The number of carbonyl (C=O) groups excluding carboxylic acids is 1. The minimum atomic E-state index is 0.0231. The quantitative estimate of drug-likeness (QED) is 0.490. The van der Waals surface area contributed by atoms with Crippen molar-refractivity contribution in [3.05, 3.63) is 12.3 Å². The third-order valence-electron chi connectivity index (χ3n) is 0.946. The average Bonchev–Trinajstić information content (AvgIpc) is 1.64. The molecule has 8 heavy (non-hydrogen) atoms. The predicted octanol–water partition coefficient (Wildman–Crippen LogP) is 0.651. The summed E-state index contributed by atoms with van der Waals surface area (Å²) in [4.78, 5) is 12.1. The largest absolute Gasteiger partial charge is 0.375 e. The van der Waals surface area contributed by atoms with Gasteiger partial charge in [-0.25, -0.2) is 0 Å². The Morgan fingerprint density at radius 3 is 1.88 bits per heavy atom. The van der Waals surface area contributed by atoms with Crippen LogP contribution in [0.25, 0.3) is 0 Å². The van der Waals surface area contributed by atoms with Crippen molar-refractivity contribution in [2.75, 3.05) is 14.1 Å². The van der Waals surface area contributed by atoms with E-state index in [-0.39, 0.29) is 5.78 Å². The SMILES string of the molecule is C=C(C(C)=O)N(C)C. The van der Waals surface area contributed by atoms with E-state index < -0.39 is 0 Å². The van der Waals surface area contributed by atoms with Crippen molar-refractivity contribution < 1.29 is 4.79 Å². The first-order chi connectivity index (χ1) is 3.55. The number of rotatable bonds is 2. The summed E-state index contributed by atoms with van der Waals surface area (Å²) in [6.45, 7) is 5.03. The second kappa shape index (κ2) is 2.50. The highest BCUT2D eigenvalue weighted by atomic mass is 16.1. The van der Waals surface area contributed by atoms with Gasteiger partial charge in [-0.1, -0.05) is 6.58 Å². The Labute approximate surface area is 49.8 Å². The normalized spacial score (nSPS) is 8.38. The lowest BCUT2D eigenvalue weighted by Gasteiger charge is -2.10. The van der Waals surface area contributed by atoms with E-state index in [0.717, 1.165) is 0 Å². The van der Waals surface area contributed by atoms with Crippen molar-refractivity contribution >= 4 is 5.78 Å². The second-order valence-corrected chi connectivity index (χ2v) is 1.90. The predicted molar refractivity (Wildman–Crippen MR) is 33.5 cm³/mol. The van der Waals surface area contributed by atoms with Gasteiger partial charge in [-0.2, -0.15) is 0 Å². The molecule has 0 saturated heterocycles. The van der Waals surface area contributed by atoms with E-state index in [1.165, 1.54) is 6.92 Å². The first kappa shape index (κ1) is 7.21. The highest BCUT2D eigenvalue weighted by molar-refractivity contribution is 5.91. The van der Waals surface area contributed by atoms with Gasteiger partial charge in [-0.3, -0.25) is 4.79 Å². The van der Waals surface area contributed by atoms with Gasteiger partial charge in [0.1, 0.15) is 0 Å². The molecule has 0 bridgehead atoms. The summed E-state index contributed by atoms with van der Waals surface area (Å²) in [5.41, 5.74) is 0.546. The molecule has 0 aromatic heterocycles. The Bertz CT molecular complexity index is 116. The maximum Gasteiger partial charge on any atom is 0.175 e. The molecule has 0 spiro atoms. The summed E-state index contributed by atoms with van der Waals surface area (Å²) in [6.07, 6.45) is 0. The van der Waals surface area contributed by atoms with Crippen molar-refractivity contribution in [3.63, 3.8) is 0 Å². The summed E-state index contributed by atoms with van der Waals surface area (Å²) < 4.78 is 0. The van der Waals surface area contributed by atoms with Crippen LogP contribution < -0.4 is 0 Å². The van der Waals surface area contributed by atoms with Crippen LogP contribution in [0.2, 0.25) is 0 Å². The fourth-order valence-corrected chi connectivity index (χ4v) is 0.315. The Morgan fingerprint density at radius 1 is 1.50 bits per heavy atom. The fourth-order valence-electron chi connectivity index (χ4n) is 0.315. The van der Waals surface area contributed by atoms with Crippen molar-refractivity contribution in [1.82, 2.24) is 4.90 Å². The van der Waals surface area contributed by atoms with Crippen LogP contribution in [0.5, 0.6) is 0 Å². The molecule has 0 N–H and O–H groups in total. The molecule has 0 fully saturated rings. The van der Waals surface area contributed by atoms with Crippen LogP contribution in [0.15, 0.2) is 12.3 Å². The maximum absolute atomic E-state index is 10.4. The van der Waals surface area contributed by atoms with Gasteiger partial charge in [0.2, 0.25) is 0 Å². The van der Waals surface area contributed by atoms with Crippen molar-refractivity contribution in [2.45, 2.75) is 6.92 Å². The van der Waals surface area contributed by atoms with Crippen LogP contribution in [0.1, 0.15) is 6.92 Å². The summed E-state index contributed by atoms with van der Waals surface area (Å²) in [6, 6.07) is 0. The molecule has 0 aromatic carbocycles. The molecule has 2 nitrogen and oxygen atoms in total. The van der Waals surface area contributed by atoms with Crippen LogP contribution >= 0.6 is 0 Å². The average molecular weight is 113 g/mol. The first-order valence-corrected chi connectivity index (χ1v) is 2.43. The van der Waals surface area contributed by atoms with Gasteiger partial charge < -0.3 is 4.90 Å². The van der Waals surface area contributed by atoms with Crippen LogP contribution in [0.4, 0.5) is 0 Å². The molecule has 0 unspecified atom stereocenters. The third-order valence-corrected chi connectivity index (χ3v) is 0.946. The summed E-state index contributed by atoms with van der Waals surface area (Å²) in [7, 11) is 3.59. The van der Waals surface area contributed by atoms with E-state index in [0.29, 0.717) is 5.70 Å². The van der Waals surface area contributed by atoms with Gasteiger partial charge in [0.05, 0.1) is 5.70 Å². The molecule has 0 saturated carbocycles. The monoisotopic (exact) mass is 113 g/mol. The molecule has 0 aliphatic heterocycles. The topological polar surface area (TPSA) is 20.3 Å².